The van der Waals surface area contributed by atoms with E-state index in [-0.39, 0.29) is 22.6 Å². The van der Waals surface area contributed by atoms with E-state index in [9.17, 15) is 4.79 Å². The molecule has 0 unspecified atom stereocenters. The van der Waals surface area contributed by atoms with Crippen molar-refractivity contribution in [2.45, 2.75) is 25.8 Å². The van der Waals surface area contributed by atoms with Gasteiger partial charge in [-0.3, -0.25) is 4.79 Å². The van der Waals surface area contributed by atoms with Crippen LogP contribution in [0.15, 0.2) is 12.1 Å². The molecule has 1 aromatic rings. The highest BCUT2D eigenvalue weighted by atomic mass is 35.5. The highest BCUT2D eigenvalue weighted by Crippen LogP contribution is 2.33. The van der Waals surface area contributed by atoms with E-state index in [4.69, 9.17) is 33.0 Å². The summed E-state index contributed by atoms with van der Waals surface area (Å²) in [5, 5.41) is 12.3. The third-order valence-corrected chi connectivity index (χ3v) is 3.21. The zero-order valence-electron chi connectivity index (χ0n) is 11.1. The molecule has 0 saturated carbocycles. The number of hydrogen-bond donors (Lipinski definition) is 2. The minimum atomic E-state index is -0.509. The van der Waals surface area contributed by atoms with Gasteiger partial charge in [0.15, 0.2) is 5.75 Å². The first-order valence-corrected chi connectivity index (χ1v) is 6.52. The van der Waals surface area contributed by atoms with Gasteiger partial charge in [0, 0.05) is 17.7 Å². The van der Waals surface area contributed by atoms with Gasteiger partial charge in [0.05, 0.1) is 17.2 Å². The molecule has 0 aliphatic rings. The van der Waals surface area contributed by atoms with Crippen molar-refractivity contribution in [3.05, 3.63) is 27.7 Å². The van der Waals surface area contributed by atoms with Crippen LogP contribution in [0.1, 0.15) is 30.6 Å². The SMILES string of the molecule is COc1c(Cl)cc(C(=O)NC(C)(C)CCO)cc1Cl. The number of benzene rings is 1. The van der Waals surface area contributed by atoms with Gasteiger partial charge >= 0.3 is 0 Å². The van der Waals surface area contributed by atoms with Crippen molar-refractivity contribution in [3.8, 4) is 5.75 Å². The Bertz CT molecular complexity index is 452. The van der Waals surface area contributed by atoms with Gasteiger partial charge in [-0.15, -0.1) is 0 Å². The predicted molar refractivity (Wildman–Crippen MR) is 76.3 cm³/mol. The molecule has 0 aliphatic carbocycles. The summed E-state index contributed by atoms with van der Waals surface area (Å²) in [7, 11) is 1.46. The quantitative estimate of drug-likeness (QED) is 0.879. The Labute approximate surface area is 122 Å². The zero-order chi connectivity index (χ0) is 14.6. The van der Waals surface area contributed by atoms with Gasteiger partial charge in [-0.2, -0.15) is 0 Å². The van der Waals surface area contributed by atoms with E-state index in [1.165, 1.54) is 19.2 Å². The Morgan fingerprint density at radius 1 is 1.37 bits per heavy atom. The second-order valence-electron chi connectivity index (χ2n) is 4.78. The van der Waals surface area contributed by atoms with Crippen molar-refractivity contribution < 1.29 is 14.6 Å². The average Bonchev–Trinajstić information content (AvgIpc) is 2.27. The van der Waals surface area contributed by atoms with Gasteiger partial charge in [0.25, 0.3) is 5.91 Å². The summed E-state index contributed by atoms with van der Waals surface area (Å²) in [6.07, 6.45) is 0.455. The molecule has 19 heavy (non-hydrogen) atoms. The number of halogens is 2. The Morgan fingerprint density at radius 2 is 1.89 bits per heavy atom. The molecular weight excluding hydrogens is 289 g/mol. The maximum Gasteiger partial charge on any atom is 0.251 e. The second kappa shape index (κ2) is 6.46. The third-order valence-electron chi connectivity index (χ3n) is 2.65. The summed E-state index contributed by atoms with van der Waals surface area (Å²) in [5.41, 5.74) is -0.160. The molecular formula is C13H17Cl2NO3. The van der Waals surface area contributed by atoms with E-state index in [0.29, 0.717) is 17.7 Å². The minimum Gasteiger partial charge on any atom is -0.494 e. The van der Waals surface area contributed by atoms with E-state index in [1.807, 2.05) is 13.8 Å². The predicted octanol–water partition coefficient (Wildman–Crippen LogP) is 2.89. The van der Waals surface area contributed by atoms with Crippen LogP contribution >= 0.6 is 23.2 Å². The average molecular weight is 306 g/mol. The molecule has 0 aliphatic heterocycles. The summed E-state index contributed by atoms with van der Waals surface area (Å²) in [4.78, 5) is 12.1. The topological polar surface area (TPSA) is 58.6 Å². The fraction of sp³-hybridized carbons (Fsp3) is 0.462. The first-order valence-electron chi connectivity index (χ1n) is 5.77. The number of amides is 1. The number of hydrogen-bond acceptors (Lipinski definition) is 3. The molecule has 1 aromatic carbocycles. The molecule has 6 heteroatoms. The Balaban J connectivity index is 2.95. The number of nitrogens with one attached hydrogen (secondary N) is 1. The smallest absolute Gasteiger partial charge is 0.251 e. The maximum absolute atomic E-state index is 12.1. The zero-order valence-corrected chi connectivity index (χ0v) is 12.6. The van der Waals surface area contributed by atoms with Gasteiger partial charge in [-0.25, -0.2) is 0 Å². The number of carbonyl (C=O) groups excluding carboxylic acids is 1. The molecule has 0 fully saturated rings. The molecule has 1 rings (SSSR count). The number of carbonyl (C=O) groups is 1. The van der Waals surface area contributed by atoms with Crippen molar-refractivity contribution in [3.63, 3.8) is 0 Å². The normalized spacial score (nSPS) is 11.3. The van der Waals surface area contributed by atoms with Gasteiger partial charge in [-0.05, 0) is 32.4 Å². The third kappa shape index (κ3) is 4.27. The van der Waals surface area contributed by atoms with Crippen LogP contribution in [0.4, 0.5) is 0 Å². The first-order chi connectivity index (χ1) is 8.80. The molecule has 0 radical (unpaired) electrons. The second-order valence-corrected chi connectivity index (χ2v) is 5.60. The van der Waals surface area contributed by atoms with Crippen molar-refractivity contribution >= 4 is 29.1 Å². The first kappa shape index (κ1) is 16.1. The van der Waals surface area contributed by atoms with Crippen LogP contribution in [0.5, 0.6) is 5.75 Å². The lowest BCUT2D eigenvalue weighted by atomic mass is 10.0. The highest BCUT2D eigenvalue weighted by Gasteiger charge is 2.21. The van der Waals surface area contributed by atoms with Crippen LogP contribution in [-0.2, 0) is 0 Å². The monoisotopic (exact) mass is 305 g/mol. The van der Waals surface area contributed by atoms with Crippen LogP contribution in [-0.4, -0.2) is 30.3 Å². The van der Waals surface area contributed by atoms with Crippen molar-refractivity contribution in [2.24, 2.45) is 0 Å². The Kier molecular flexibility index (Phi) is 5.47. The lowest BCUT2D eigenvalue weighted by Gasteiger charge is -2.25. The maximum atomic E-state index is 12.1. The molecule has 0 saturated heterocycles. The number of aliphatic hydroxyl groups is 1. The summed E-state index contributed by atoms with van der Waals surface area (Å²) in [5.74, 6) is 0.0411. The van der Waals surface area contributed by atoms with Crippen molar-refractivity contribution in [1.29, 1.82) is 0 Å². The van der Waals surface area contributed by atoms with E-state index < -0.39 is 5.54 Å². The van der Waals surface area contributed by atoms with Crippen molar-refractivity contribution in [2.75, 3.05) is 13.7 Å². The lowest BCUT2D eigenvalue weighted by Crippen LogP contribution is -2.44. The van der Waals surface area contributed by atoms with E-state index in [0.717, 1.165) is 0 Å². The number of aliphatic hydroxyl groups excluding tert-OH is 1. The molecule has 0 aromatic heterocycles. The van der Waals surface area contributed by atoms with Crippen LogP contribution < -0.4 is 10.1 Å². The summed E-state index contributed by atoms with van der Waals surface area (Å²) in [6.45, 7) is 3.65. The molecule has 4 nitrogen and oxygen atoms in total. The Hall–Kier alpha value is -0.970. The van der Waals surface area contributed by atoms with Gasteiger partial charge in [0.1, 0.15) is 0 Å². The van der Waals surface area contributed by atoms with Crippen LogP contribution in [0, 0.1) is 0 Å². The number of ether oxygens (including phenoxy) is 1. The number of rotatable bonds is 5. The molecule has 1 amide bonds. The fourth-order valence-corrected chi connectivity index (χ4v) is 2.25. The minimum absolute atomic E-state index is 0.00257. The molecule has 0 bridgehead atoms. The summed E-state index contributed by atoms with van der Waals surface area (Å²) < 4.78 is 5.02. The summed E-state index contributed by atoms with van der Waals surface area (Å²) >= 11 is 12.0. The largest absolute Gasteiger partial charge is 0.494 e. The summed E-state index contributed by atoms with van der Waals surface area (Å²) in [6, 6.07) is 2.99. The van der Waals surface area contributed by atoms with Gasteiger partial charge < -0.3 is 15.2 Å². The van der Waals surface area contributed by atoms with Gasteiger partial charge in [0.2, 0.25) is 0 Å². The van der Waals surface area contributed by atoms with Crippen LogP contribution in [0.2, 0.25) is 10.0 Å². The highest BCUT2D eigenvalue weighted by molar-refractivity contribution is 6.37. The van der Waals surface area contributed by atoms with Crippen LogP contribution in [0.3, 0.4) is 0 Å². The molecule has 0 heterocycles. The van der Waals surface area contributed by atoms with Crippen molar-refractivity contribution in [1.82, 2.24) is 5.32 Å². The molecule has 2 N–H and O–H groups in total. The van der Waals surface area contributed by atoms with Gasteiger partial charge in [-0.1, -0.05) is 23.2 Å². The van der Waals surface area contributed by atoms with E-state index in [2.05, 4.69) is 5.32 Å². The van der Waals surface area contributed by atoms with Crippen LogP contribution in [0.25, 0.3) is 0 Å². The van der Waals surface area contributed by atoms with E-state index >= 15 is 0 Å². The number of methoxy groups -OCH3 is 1. The molecule has 0 spiro atoms. The Morgan fingerprint density at radius 3 is 2.32 bits per heavy atom. The van der Waals surface area contributed by atoms with E-state index in [1.54, 1.807) is 0 Å². The molecule has 106 valence electrons. The standard InChI is InChI=1S/C13H17Cl2NO3/c1-13(2,4-5-17)16-12(18)8-6-9(14)11(19-3)10(15)7-8/h6-7,17H,4-5H2,1-3H3,(H,16,18). The molecule has 0 atom stereocenters. The fourth-order valence-electron chi connectivity index (χ4n) is 1.61. The lowest BCUT2D eigenvalue weighted by molar-refractivity contribution is 0.0899.